The van der Waals surface area contributed by atoms with E-state index in [0.717, 1.165) is 11.3 Å². The summed E-state index contributed by atoms with van der Waals surface area (Å²) < 4.78 is 1.52. The maximum Gasteiger partial charge on any atom is 0.271 e. The van der Waals surface area contributed by atoms with Crippen molar-refractivity contribution in [3.63, 3.8) is 0 Å². The number of tetrazole rings is 1. The Kier molecular flexibility index (Phi) is 4.63. The van der Waals surface area contributed by atoms with Crippen LogP contribution in [-0.2, 0) is 9.59 Å². The number of hydrogen-bond acceptors (Lipinski definition) is 6. The van der Waals surface area contributed by atoms with Crippen molar-refractivity contribution in [1.82, 2.24) is 20.2 Å². The van der Waals surface area contributed by atoms with Gasteiger partial charge in [0.1, 0.15) is 12.0 Å². The topological polar surface area (TPSA) is 105 Å². The Labute approximate surface area is 160 Å². The SMILES string of the molecule is Cc1cccc(N2N=C(C(=O)Nc3ccc(-n4cnnn4)cc3)CCC2=O)c1. The fourth-order valence-electron chi connectivity index (χ4n) is 2.86. The van der Waals surface area contributed by atoms with E-state index in [9.17, 15) is 9.59 Å². The fourth-order valence-corrected chi connectivity index (χ4v) is 2.86. The fraction of sp³-hybridized carbons (Fsp3) is 0.158. The van der Waals surface area contributed by atoms with E-state index in [2.05, 4.69) is 25.9 Å². The van der Waals surface area contributed by atoms with E-state index in [1.54, 1.807) is 30.3 Å². The van der Waals surface area contributed by atoms with Crippen LogP contribution >= 0.6 is 0 Å². The third-order valence-electron chi connectivity index (χ3n) is 4.28. The van der Waals surface area contributed by atoms with E-state index in [1.165, 1.54) is 16.0 Å². The van der Waals surface area contributed by atoms with Crippen molar-refractivity contribution in [2.24, 2.45) is 5.10 Å². The van der Waals surface area contributed by atoms with Crippen molar-refractivity contribution in [2.75, 3.05) is 10.3 Å². The first-order chi connectivity index (χ1) is 13.6. The lowest BCUT2D eigenvalue weighted by atomic mass is 10.1. The molecule has 0 aliphatic carbocycles. The van der Waals surface area contributed by atoms with Crippen LogP contribution < -0.4 is 10.3 Å². The van der Waals surface area contributed by atoms with Crippen LogP contribution in [-0.4, -0.2) is 37.7 Å². The van der Waals surface area contributed by atoms with E-state index in [-0.39, 0.29) is 18.2 Å². The van der Waals surface area contributed by atoms with E-state index in [4.69, 9.17) is 0 Å². The summed E-state index contributed by atoms with van der Waals surface area (Å²) in [6.45, 7) is 1.94. The molecule has 0 radical (unpaired) electrons. The number of nitrogens with one attached hydrogen (secondary N) is 1. The second-order valence-corrected chi connectivity index (χ2v) is 6.35. The Morgan fingerprint density at radius 3 is 2.61 bits per heavy atom. The zero-order valence-electron chi connectivity index (χ0n) is 15.1. The predicted molar refractivity (Wildman–Crippen MR) is 103 cm³/mol. The lowest BCUT2D eigenvalue weighted by Gasteiger charge is -2.23. The molecule has 28 heavy (non-hydrogen) atoms. The normalized spacial score (nSPS) is 14.0. The van der Waals surface area contributed by atoms with Crippen LogP contribution in [0.4, 0.5) is 11.4 Å². The zero-order chi connectivity index (χ0) is 19.5. The first-order valence-electron chi connectivity index (χ1n) is 8.72. The number of aryl methyl sites for hydroxylation is 1. The largest absolute Gasteiger partial charge is 0.321 e. The highest BCUT2D eigenvalue weighted by molar-refractivity contribution is 6.44. The highest BCUT2D eigenvalue weighted by Gasteiger charge is 2.25. The first kappa shape index (κ1) is 17.5. The zero-order valence-corrected chi connectivity index (χ0v) is 15.1. The molecule has 0 unspecified atom stereocenters. The van der Waals surface area contributed by atoms with Gasteiger partial charge in [-0.1, -0.05) is 12.1 Å². The number of hydrazone groups is 1. The third-order valence-corrected chi connectivity index (χ3v) is 4.28. The molecular weight excluding hydrogens is 358 g/mol. The van der Waals surface area contributed by atoms with Crippen molar-refractivity contribution < 1.29 is 9.59 Å². The van der Waals surface area contributed by atoms with Crippen molar-refractivity contribution >= 4 is 28.9 Å². The Morgan fingerprint density at radius 1 is 1.07 bits per heavy atom. The van der Waals surface area contributed by atoms with Gasteiger partial charge in [-0.05, 0) is 59.3 Å². The van der Waals surface area contributed by atoms with Crippen molar-refractivity contribution in [3.8, 4) is 5.69 Å². The van der Waals surface area contributed by atoms with Gasteiger partial charge in [-0.3, -0.25) is 9.59 Å². The molecule has 9 nitrogen and oxygen atoms in total. The number of aromatic nitrogens is 4. The van der Waals surface area contributed by atoms with Crippen LogP contribution in [0, 0.1) is 6.92 Å². The number of nitrogens with zero attached hydrogens (tertiary/aromatic N) is 6. The lowest BCUT2D eigenvalue weighted by molar-refractivity contribution is -0.118. The maximum absolute atomic E-state index is 12.6. The number of benzene rings is 2. The van der Waals surface area contributed by atoms with Gasteiger partial charge in [0.2, 0.25) is 5.91 Å². The van der Waals surface area contributed by atoms with E-state index in [0.29, 0.717) is 23.5 Å². The number of carbonyl (C=O) groups is 2. The number of rotatable bonds is 4. The number of anilines is 2. The monoisotopic (exact) mass is 375 g/mol. The van der Waals surface area contributed by atoms with Gasteiger partial charge in [0.15, 0.2) is 0 Å². The van der Waals surface area contributed by atoms with Gasteiger partial charge < -0.3 is 5.32 Å². The summed E-state index contributed by atoms with van der Waals surface area (Å²) in [6.07, 6.45) is 2.02. The molecule has 2 heterocycles. The minimum absolute atomic E-state index is 0.132. The molecule has 1 aromatic heterocycles. The highest BCUT2D eigenvalue weighted by atomic mass is 16.2. The first-order valence-corrected chi connectivity index (χ1v) is 8.72. The predicted octanol–water partition coefficient (Wildman–Crippen LogP) is 2.09. The van der Waals surface area contributed by atoms with Crippen LogP contribution in [0.5, 0.6) is 0 Å². The Morgan fingerprint density at radius 2 is 1.89 bits per heavy atom. The van der Waals surface area contributed by atoms with Gasteiger partial charge in [0, 0.05) is 18.5 Å². The molecule has 1 aliphatic rings. The van der Waals surface area contributed by atoms with E-state index < -0.39 is 0 Å². The molecule has 1 aliphatic heterocycles. The summed E-state index contributed by atoms with van der Waals surface area (Å²) in [7, 11) is 0. The van der Waals surface area contributed by atoms with Crippen molar-refractivity contribution in [1.29, 1.82) is 0 Å². The molecule has 2 amide bonds. The number of carbonyl (C=O) groups excluding carboxylic acids is 2. The summed E-state index contributed by atoms with van der Waals surface area (Å²) >= 11 is 0. The summed E-state index contributed by atoms with van der Waals surface area (Å²) in [5.74, 6) is -0.465. The second-order valence-electron chi connectivity index (χ2n) is 6.35. The number of amides is 2. The lowest BCUT2D eigenvalue weighted by Crippen LogP contribution is -2.36. The highest BCUT2D eigenvalue weighted by Crippen LogP contribution is 2.22. The summed E-state index contributed by atoms with van der Waals surface area (Å²) in [4.78, 5) is 24.9. The minimum atomic E-state index is -0.333. The van der Waals surface area contributed by atoms with Gasteiger partial charge in [0.25, 0.3) is 5.91 Å². The molecule has 0 saturated carbocycles. The number of hydrogen-bond donors (Lipinski definition) is 1. The quantitative estimate of drug-likeness (QED) is 0.752. The molecule has 4 rings (SSSR count). The molecule has 0 fully saturated rings. The third kappa shape index (κ3) is 3.63. The van der Waals surface area contributed by atoms with Crippen molar-refractivity contribution in [3.05, 3.63) is 60.4 Å². The smallest absolute Gasteiger partial charge is 0.271 e. The van der Waals surface area contributed by atoms with Gasteiger partial charge in [-0.2, -0.15) is 5.10 Å². The molecule has 0 spiro atoms. The second kappa shape index (κ2) is 7.39. The summed E-state index contributed by atoms with van der Waals surface area (Å²) in [5, 5.41) is 19.4. The van der Waals surface area contributed by atoms with Gasteiger partial charge in [-0.15, -0.1) is 5.10 Å². The molecule has 0 saturated heterocycles. The maximum atomic E-state index is 12.6. The van der Waals surface area contributed by atoms with Crippen LogP contribution in [0.15, 0.2) is 60.0 Å². The summed E-state index contributed by atoms with van der Waals surface area (Å²) in [6, 6.07) is 14.5. The molecule has 0 bridgehead atoms. The van der Waals surface area contributed by atoms with Gasteiger partial charge in [0.05, 0.1) is 11.4 Å². The Balaban J connectivity index is 1.51. The van der Waals surface area contributed by atoms with Gasteiger partial charge >= 0.3 is 0 Å². The van der Waals surface area contributed by atoms with E-state index >= 15 is 0 Å². The standard InChI is InChI=1S/C19H17N7O2/c1-13-3-2-4-16(11-13)26-18(27)10-9-17(22-26)19(28)21-14-5-7-15(8-6-14)25-12-20-23-24-25/h2-8,11-12H,9-10H2,1H3,(H,21,28). The minimum Gasteiger partial charge on any atom is -0.321 e. The molecule has 9 heteroatoms. The molecule has 1 N–H and O–H groups in total. The Bertz CT molecular complexity index is 1040. The van der Waals surface area contributed by atoms with Crippen molar-refractivity contribution in [2.45, 2.75) is 19.8 Å². The molecular formula is C19H17N7O2. The Hall–Kier alpha value is -3.88. The molecule has 0 atom stereocenters. The van der Waals surface area contributed by atoms with Crippen LogP contribution in [0.1, 0.15) is 18.4 Å². The van der Waals surface area contributed by atoms with Crippen LogP contribution in [0.3, 0.4) is 0 Å². The van der Waals surface area contributed by atoms with E-state index in [1.807, 2.05) is 25.1 Å². The molecule has 140 valence electrons. The molecule has 2 aromatic carbocycles. The van der Waals surface area contributed by atoms with Crippen LogP contribution in [0.2, 0.25) is 0 Å². The summed E-state index contributed by atoms with van der Waals surface area (Å²) in [5.41, 5.74) is 3.36. The van der Waals surface area contributed by atoms with Crippen LogP contribution in [0.25, 0.3) is 5.69 Å². The average Bonchev–Trinajstić information content (AvgIpc) is 3.24. The average molecular weight is 375 g/mol. The van der Waals surface area contributed by atoms with Gasteiger partial charge in [-0.25, -0.2) is 9.69 Å². The molecule has 3 aromatic rings.